The molecule has 1 rings (SSSR count). The van der Waals surface area contributed by atoms with E-state index >= 15 is 0 Å². The molecule has 24 heavy (non-hydrogen) atoms. The number of unbranched alkanes of at least 4 members (excludes halogenated alkanes) is 4. The van der Waals surface area contributed by atoms with Gasteiger partial charge in [0.2, 0.25) is 0 Å². The monoisotopic (exact) mass is 351 g/mol. The Labute approximate surface area is 151 Å². The Morgan fingerprint density at radius 3 is 1.92 bits per heavy atom. The van der Waals surface area contributed by atoms with Crippen molar-refractivity contribution in [2.75, 3.05) is 6.54 Å². The first-order valence-electron chi connectivity index (χ1n) is 10.2. The van der Waals surface area contributed by atoms with Crippen molar-refractivity contribution in [3.63, 3.8) is 0 Å². The van der Waals surface area contributed by atoms with Gasteiger partial charge in [0.25, 0.3) is 5.91 Å². The molecule has 0 saturated carbocycles. The Morgan fingerprint density at radius 2 is 1.33 bits per heavy atom. The molecule has 1 amide bonds. The number of amides is 1. The van der Waals surface area contributed by atoms with Crippen molar-refractivity contribution >= 4 is 14.1 Å². The van der Waals surface area contributed by atoms with Crippen LogP contribution >= 0.6 is 8.19 Å². The second kappa shape index (κ2) is 12.6. The second-order valence-corrected chi connectivity index (χ2v) is 8.21. The summed E-state index contributed by atoms with van der Waals surface area (Å²) >= 11 is 0. The Morgan fingerprint density at radius 1 is 0.792 bits per heavy atom. The van der Waals surface area contributed by atoms with Crippen LogP contribution in [0.1, 0.15) is 106 Å². The zero-order valence-electron chi connectivity index (χ0n) is 16.4. The Kier molecular flexibility index (Phi) is 11.2. The molecule has 0 bridgehead atoms. The standard InChI is InChI=1S/C21H38NOP/c1-5-9-13-17-18(14-10-6-2)20(21(23)22-16-12-8-4)24-19(17)15-11-7-3/h24H,5-16H2,1-4H3,(H,22,23). The van der Waals surface area contributed by atoms with Gasteiger partial charge in [0.05, 0.1) is 5.30 Å². The van der Waals surface area contributed by atoms with E-state index in [1.54, 1.807) is 10.9 Å². The summed E-state index contributed by atoms with van der Waals surface area (Å²) in [5.41, 5.74) is 2.99. The molecule has 0 radical (unpaired) electrons. The molecule has 2 nitrogen and oxygen atoms in total. The summed E-state index contributed by atoms with van der Waals surface area (Å²) in [4.78, 5) is 12.7. The van der Waals surface area contributed by atoms with Crippen LogP contribution in [0.3, 0.4) is 0 Å². The number of hydrogen-bond donors (Lipinski definition) is 1. The van der Waals surface area contributed by atoms with E-state index < -0.39 is 0 Å². The molecule has 3 heteroatoms. The van der Waals surface area contributed by atoms with Crippen LogP contribution in [0, 0.1) is 0 Å². The van der Waals surface area contributed by atoms with Crippen LogP contribution in [-0.2, 0) is 19.3 Å². The van der Waals surface area contributed by atoms with Gasteiger partial charge in [-0.25, -0.2) is 0 Å². The number of carbonyl (C=O) groups is 1. The maximum absolute atomic E-state index is 12.7. The van der Waals surface area contributed by atoms with Gasteiger partial charge in [-0.1, -0.05) is 53.4 Å². The van der Waals surface area contributed by atoms with Crippen molar-refractivity contribution in [2.45, 2.75) is 98.3 Å². The largest absolute Gasteiger partial charge is 0.352 e. The van der Waals surface area contributed by atoms with Crippen LogP contribution in [0.25, 0.3) is 0 Å². The highest BCUT2D eigenvalue weighted by molar-refractivity contribution is 7.33. The van der Waals surface area contributed by atoms with Gasteiger partial charge in [-0.15, -0.1) is 8.19 Å². The van der Waals surface area contributed by atoms with E-state index in [9.17, 15) is 4.79 Å². The molecule has 0 saturated heterocycles. The van der Waals surface area contributed by atoms with Crippen LogP contribution in [0.15, 0.2) is 0 Å². The third-order valence-corrected chi connectivity index (χ3v) is 6.32. The predicted octanol–water partition coefficient (Wildman–Crippen LogP) is 6.28. The molecular weight excluding hydrogens is 313 g/mol. The molecular formula is C21H38NOP. The highest BCUT2D eigenvalue weighted by Gasteiger charge is 2.20. The third-order valence-electron chi connectivity index (χ3n) is 4.69. The van der Waals surface area contributed by atoms with Crippen LogP contribution < -0.4 is 5.32 Å². The minimum atomic E-state index is 0.216. The summed E-state index contributed by atoms with van der Waals surface area (Å²) in [5, 5.41) is 5.89. The van der Waals surface area contributed by atoms with Crippen molar-refractivity contribution in [1.29, 1.82) is 0 Å². The van der Waals surface area contributed by atoms with Gasteiger partial charge in [0.1, 0.15) is 0 Å². The number of nitrogens with one attached hydrogen (secondary N) is 1. The topological polar surface area (TPSA) is 29.1 Å². The van der Waals surface area contributed by atoms with Gasteiger partial charge >= 0.3 is 0 Å². The number of hydrogen-bond acceptors (Lipinski definition) is 1. The molecule has 1 aromatic rings. The van der Waals surface area contributed by atoms with E-state index in [-0.39, 0.29) is 5.91 Å². The minimum absolute atomic E-state index is 0.216. The fourth-order valence-electron chi connectivity index (χ4n) is 3.15. The molecule has 1 aromatic heterocycles. The predicted molar refractivity (Wildman–Crippen MR) is 109 cm³/mol. The van der Waals surface area contributed by atoms with Gasteiger partial charge < -0.3 is 5.32 Å². The fraction of sp³-hybridized carbons (Fsp3) is 0.762. The van der Waals surface area contributed by atoms with Gasteiger partial charge in [-0.05, 0) is 61.4 Å². The van der Waals surface area contributed by atoms with Crippen molar-refractivity contribution in [3.8, 4) is 0 Å². The van der Waals surface area contributed by atoms with E-state index in [2.05, 4.69) is 33.0 Å². The summed E-state index contributed by atoms with van der Waals surface area (Å²) in [6.45, 7) is 9.75. The molecule has 1 N–H and O–H groups in total. The molecule has 0 aliphatic rings. The van der Waals surface area contributed by atoms with Gasteiger partial charge in [-0.3, -0.25) is 4.79 Å². The van der Waals surface area contributed by atoms with Crippen LogP contribution in [0.5, 0.6) is 0 Å². The molecule has 1 atom stereocenters. The molecule has 0 aliphatic heterocycles. The summed E-state index contributed by atoms with van der Waals surface area (Å²) in [6.07, 6.45) is 13.0. The normalized spacial score (nSPS) is 11.3. The van der Waals surface area contributed by atoms with Crippen molar-refractivity contribution in [3.05, 3.63) is 21.7 Å². The quantitative estimate of drug-likeness (QED) is 0.417. The van der Waals surface area contributed by atoms with Crippen molar-refractivity contribution < 1.29 is 4.79 Å². The van der Waals surface area contributed by atoms with E-state index in [1.165, 1.54) is 56.9 Å². The highest BCUT2D eigenvalue weighted by Crippen LogP contribution is 2.36. The smallest absolute Gasteiger partial charge is 0.255 e. The van der Waals surface area contributed by atoms with Crippen LogP contribution in [-0.4, -0.2) is 12.5 Å². The maximum atomic E-state index is 12.7. The summed E-state index contributed by atoms with van der Waals surface area (Å²) in [5.74, 6) is 0.216. The molecule has 0 spiro atoms. The minimum Gasteiger partial charge on any atom is -0.352 e. The third kappa shape index (κ3) is 6.63. The summed E-state index contributed by atoms with van der Waals surface area (Å²) in [7, 11) is 0.623. The SMILES string of the molecule is CCCCNC(=O)c1[pH]c(CCCC)c(CCCC)c1CCCC. The Balaban J connectivity index is 3.07. The Bertz CT molecular complexity index is 478. The lowest BCUT2D eigenvalue weighted by Crippen LogP contribution is -2.24. The average Bonchev–Trinajstić information content (AvgIpc) is 2.93. The van der Waals surface area contributed by atoms with Crippen molar-refractivity contribution in [2.24, 2.45) is 0 Å². The second-order valence-electron chi connectivity index (χ2n) is 6.86. The van der Waals surface area contributed by atoms with Gasteiger partial charge in [0, 0.05) is 6.54 Å². The first-order chi connectivity index (χ1) is 11.7. The Hall–Kier alpha value is -0.750. The molecule has 1 heterocycles. The lowest BCUT2D eigenvalue weighted by Gasteiger charge is -2.10. The lowest BCUT2D eigenvalue weighted by atomic mass is 9.96. The zero-order chi connectivity index (χ0) is 17.8. The molecule has 0 aromatic carbocycles. The average molecular weight is 352 g/mol. The molecule has 138 valence electrons. The van der Waals surface area contributed by atoms with Crippen LogP contribution in [0.4, 0.5) is 0 Å². The maximum Gasteiger partial charge on any atom is 0.255 e. The highest BCUT2D eigenvalue weighted by atomic mass is 31.0. The van der Waals surface area contributed by atoms with Gasteiger partial charge in [-0.2, -0.15) is 0 Å². The summed E-state index contributed by atoms with van der Waals surface area (Å²) in [6, 6.07) is 0. The molecule has 0 aliphatic carbocycles. The van der Waals surface area contributed by atoms with Crippen molar-refractivity contribution in [1.82, 2.24) is 5.32 Å². The van der Waals surface area contributed by atoms with E-state index in [0.29, 0.717) is 8.19 Å². The fourth-order valence-corrected chi connectivity index (χ4v) is 4.81. The van der Waals surface area contributed by atoms with Crippen LogP contribution in [0.2, 0.25) is 0 Å². The van der Waals surface area contributed by atoms with E-state index in [4.69, 9.17) is 0 Å². The van der Waals surface area contributed by atoms with E-state index in [0.717, 1.165) is 31.1 Å². The summed E-state index contributed by atoms with van der Waals surface area (Å²) < 4.78 is 0. The zero-order valence-corrected chi connectivity index (χ0v) is 17.4. The molecule has 1 unspecified atom stereocenters. The lowest BCUT2D eigenvalue weighted by molar-refractivity contribution is 0.0956. The van der Waals surface area contributed by atoms with E-state index in [1.807, 2.05) is 0 Å². The first kappa shape index (κ1) is 21.3. The number of carbonyl (C=O) groups excluding carboxylic acids is 1. The first-order valence-corrected chi connectivity index (χ1v) is 11.2. The number of rotatable bonds is 13. The number of aryl methyl sites for hydroxylation is 1. The molecule has 0 fully saturated rings. The van der Waals surface area contributed by atoms with Gasteiger partial charge in [0.15, 0.2) is 0 Å².